The maximum atomic E-state index is 13.6. The van der Waals surface area contributed by atoms with Gasteiger partial charge in [0.15, 0.2) is 5.78 Å². The number of aromatic nitrogens is 4. The van der Waals surface area contributed by atoms with Crippen LogP contribution in [0.15, 0.2) is 64.3 Å². The van der Waals surface area contributed by atoms with Gasteiger partial charge in [0, 0.05) is 10.0 Å². The van der Waals surface area contributed by atoms with Crippen LogP contribution >= 0.6 is 15.9 Å². The number of tetrazole rings is 1. The van der Waals surface area contributed by atoms with E-state index < -0.39 is 12.0 Å². The lowest BCUT2D eigenvalue weighted by Crippen LogP contribution is -2.32. The van der Waals surface area contributed by atoms with Gasteiger partial charge in [-0.15, -0.1) is 0 Å². The number of hydrogen-bond acceptors (Lipinski definition) is 8. The highest BCUT2D eigenvalue weighted by Crippen LogP contribution is 2.37. The Hall–Kier alpha value is -3.53. The number of esters is 1. The minimum atomic E-state index is -0.739. The highest BCUT2D eigenvalue weighted by atomic mass is 79.9. The van der Waals surface area contributed by atoms with E-state index in [2.05, 4.69) is 36.8 Å². The van der Waals surface area contributed by atoms with Gasteiger partial charge in [-0.3, -0.25) is 4.79 Å². The van der Waals surface area contributed by atoms with Gasteiger partial charge >= 0.3 is 5.97 Å². The Bertz CT molecular complexity index is 1160. The number of methoxy groups -OCH3 is 2. The summed E-state index contributed by atoms with van der Waals surface area (Å²) >= 11 is 3.41. The zero-order valence-electron chi connectivity index (χ0n) is 16.0. The molecule has 0 unspecified atom stereocenters. The molecule has 3 aromatic rings. The summed E-state index contributed by atoms with van der Waals surface area (Å²) in [5, 5.41) is 14.5. The topological polar surface area (TPSA) is 108 Å². The van der Waals surface area contributed by atoms with Crippen LogP contribution in [0.1, 0.15) is 22.0 Å². The first-order valence-corrected chi connectivity index (χ1v) is 9.64. The molecule has 152 valence electrons. The molecule has 1 N–H and O–H groups in total. The lowest BCUT2D eigenvalue weighted by molar-refractivity contribution is -0.136. The summed E-state index contributed by atoms with van der Waals surface area (Å²) in [6.07, 6.45) is 0. The quantitative estimate of drug-likeness (QED) is 0.448. The fourth-order valence-corrected chi connectivity index (χ4v) is 3.53. The predicted molar refractivity (Wildman–Crippen MR) is 110 cm³/mol. The molecule has 1 aliphatic rings. The Morgan fingerprint density at radius 3 is 2.60 bits per heavy atom. The van der Waals surface area contributed by atoms with Crippen LogP contribution in [-0.4, -0.2) is 46.2 Å². The van der Waals surface area contributed by atoms with Crippen molar-refractivity contribution in [1.82, 2.24) is 20.2 Å². The van der Waals surface area contributed by atoms with Crippen LogP contribution in [0.2, 0.25) is 0 Å². The second-order valence-electron chi connectivity index (χ2n) is 6.37. The highest BCUT2D eigenvalue weighted by Gasteiger charge is 2.38. The highest BCUT2D eigenvalue weighted by molar-refractivity contribution is 9.10. The van der Waals surface area contributed by atoms with Crippen LogP contribution in [0.5, 0.6) is 5.75 Å². The number of Topliss-reactive ketones (excluding diaryl/α,β-unsaturated/α-hetero) is 1. The third-order valence-electron chi connectivity index (χ3n) is 4.67. The Balaban J connectivity index is 1.94. The number of ether oxygens (including phenoxy) is 2. The number of allylic oxidation sites excluding steroid dienone is 1. The third kappa shape index (κ3) is 3.45. The summed E-state index contributed by atoms with van der Waals surface area (Å²) in [4.78, 5) is 26.2. The summed E-state index contributed by atoms with van der Waals surface area (Å²) in [5.41, 5.74) is 1.23. The summed E-state index contributed by atoms with van der Waals surface area (Å²) in [7, 11) is 2.76. The molecular weight excluding hydrogens is 454 g/mol. The van der Waals surface area contributed by atoms with Crippen LogP contribution in [0.3, 0.4) is 0 Å². The van der Waals surface area contributed by atoms with E-state index in [1.807, 2.05) is 24.3 Å². The third-order valence-corrected chi connectivity index (χ3v) is 5.20. The number of anilines is 1. The van der Waals surface area contributed by atoms with E-state index in [1.165, 1.54) is 18.9 Å². The van der Waals surface area contributed by atoms with E-state index in [4.69, 9.17) is 9.47 Å². The molecule has 0 radical (unpaired) electrons. The van der Waals surface area contributed by atoms with Crippen LogP contribution in [0, 0.1) is 0 Å². The fraction of sp³-hybridized carbons (Fsp3) is 0.150. The number of benzene rings is 2. The average molecular weight is 470 g/mol. The Kier molecular flexibility index (Phi) is 5.32. The van der Waals surface area contributed by atoms with Crippen molar-refractivity contribution in [2.24, 2.45) is 0 Å². The monoisotopic (exact) mass is 469 g/mol. The fourth-order valence-electron chi connectivity index (χ4n) is 3.26. The van der Waals surface area contributed by atoms with E-state index >= 15 is 0 Å². The van der Waals surface area contributed by atoms with Crippen LogP contribution < -0.4 is 10.1 Å². The molecule has 1 aliphatic heterocycles. The first kappa shape index (κ1) is 19.8. The molecule has 10 heteroatoms. The van der Waals surface area contributed by atoms with Crippen molar-refractivity contribution in [3.63, 3.8) is 0 Å². The lowest BCUT2D eigenvalue weighted by atomic mass is 9.89. The first-order chi connectivity index (χ1) is 14.5. The van der Waals surface area contributed by atoms with Gasteiger partial charge < -0.3 is 14.8 Å². The maximum absolute atomic E-state index is 13.6. The normalized spacial score (nSPS) is 15.2. The van der Waals surface area contributed by atoms with Gasteiger partial charge in [0.2, 0.25) is 5.95 Å². The van der Waals surface area contributed by atoms with Crippen molar-refractivity contribution < 1.29 is 19.1 Å². The van der Waals surface area contributed by atoms with Crippen molar-refractivity contribution in [2.75, 3.05) is 19.5 Å². The zero-order chi connectivity index (χ0) is 21.3. The number of hydrogen-bond donors (Lipinski definition) is 1. The summed E-state index contributed by atoms with van der Waals surface area (Å²) < 4.78 is 12.5. The van der Waals surface area contributed by atoms with Gasteiger partial charge in [-0.05, 0) is 40.3 Å². The van der Waals surface area contributed by atoms with Gasteiger partial charge in [0.05, 0.1) is 19.8 Å². The number of nitrogens with one attached hydrogen (secondary N) is 1. The standard InChI is InChI=1S/C20H16BrN5O4/c1-29-14-5-3-4-12(10-14)18(27)15-16(19(28)30-2)22-20-23-24-25-26(20)17(15)11-6-8-13(21)9-7-11/h3-10,17H,1-2H3,(H,22,23,25)/t17-/m1/s1. The molecule has 1 atom stereocenters. The molecule has 30 heavy (non-hydrogen) atoms. The molecule has 0 fully saturated rings. The van der Waals surface area contributed by atoms with Crippen molar-refractivity contribution in [1.29, 1.82) is 0 Å². The van der Waals surface area contributed by atoms with Gasteiger partial charge in [-0.2, -0.15) is 4.68 Å². The van der Waals surface area contributed by atoms with Crippen LogP contribution in [0.25, 0.3) is 0 Å². The molecule has 0 amide bonds. The van der Waals surface area contributed by atoms with Crippen molar-refractivity contribution in [3.8, 4) is 5.75 Å². The predicted octanol–water partition coefficient (Wildman–Crippen LogP) is 2.77. The second-order valence-corrected chi connectivity index (χ2v) is 7.28. The molecule has 1 aromatic heterocycles. The zero-order valence-corrected chi connectivity index (χ0v) is 17.6. The molecular formula is C20H16BrN5O4. The van der Waals surface area contributed by atoms with Crippen molar-refractivity contribution in [2.45, 2.75) is 6.04 Å². The first-order valence-electron chi connectivity index (χ1n) is 8.85. The summed E-state index contributed by atoms with van der Waals surface area (Å²) in [6.45, 7) is 0. The second kappa shape index (κ2) is 8.07. The van der Waals surface area contributed by atoms with E-state index in [0.29, 0.717) is 11.3 Å². The maximum Gasteiger partial charge on any atom is 0.355 e. The van der Waals surface area contributed by atoms with Gasteiger partial charge in [0.25, 0.3) is 0 Å². The molecule has 2 aromatic carbocycles. The number of rotatable bonds is 5. The SMILES string of the molecule is COC(=O)C1=C(C(=O)c2cccc(OC)c2)[C@@H](c2ccc(Br)cc2)n2nnnc2N1. The van der Waals surface area contributed by atoms with E-state index in [-0.39, 0.29) is 23.0 Å². The van der Waals surface area contributed by atoms with Crippen molar-refractivity contribution >= 4 is 33.6 Å². The van der Waals surface area contributed by atoms with Crippen LogP contribution in [0.4, 0.5) is 5.95 Å². The number of carbonyl (C=O) groups is 2. The summed E-state index contributed by atoms with van der Waals surface area (Å²) in [5.74, 6) is -0.327. The number of nitrogens with zero attached hydrogens (tertiary/aromatic N) is 4. The molecule has 0 spiro atoms. The molecule has 0 saturated heterocycles. The number of ketones is 1. The molecule has 4 rings (SSSR count). The number of halogens is 1. The molecule has 0 aliphatic carbocycles. The number of fused-ring (bicyclic) bond motifs is 1. The van der Waals surface area contributed by atoms with E-state index in [9.17, 15) is 9.59 Å². The van der Waals surface area contributed by atoms with Crippen LogP contribution in [-0.2, 0) is 9.53 Å². The van der Waals surface area contributed by atoms with Gasteiger partial charge in [-0.25, -0.2) is 4.79 Å². The Morgan fingerprint density at radius 1 is 1.13 bits per heavy atom. The van der Waals surface area contributed by atoms with Gasteiger partial charge in [0.1, 0.15) is 17.5 Å². The van der Waals surface area contributed by atoms with E-state index in [1.54, 1.807) is 24.3 Å². The van der Waals surface area contributed by atoms with Gasteiger partial charge in [-0.1, -0.05) is 45.3 Å². The number of carbonyl (C=O) groups excluding carboxylic acids is 2. The Labute approximate surface area is 179 Å². The Morgan fingerprint density at radius 2 is 1.90 bits per heavy atom. The minimum Gasteiger partial charge on any atom is -0.497 e. The molecule has 9 nitrogen and oxygen atoms in total. The molecule has 0 bridgehead atoms. The van der Waals surface area contributed by atoms with E-state index in [0.717, 1.165) is 10.0 Å². The minimum absolute atomic E-state index is 0.0134. The lowest BCUT2D eigenvalue weighted by Gasteiger charge is -2.28. The molecule has 2 heterocycles. The average Bonchev–Trinajstić information content (AvgIpc) is 3.26. The summed E-state index contributed by atoms with van der Waals surface area (Å²) in [6, 6.07) is 13.3. The largest absolute Gasteiger partial charge is 0.497 e. The smallest absolute Gasteiger partial charge is 0.355 e. The molecule has 0 saturated carbocycles. The van der Waals surface area contributed by atoms with Crippen molar-refractivity contribution in [3.05, 3.63) is 75.4 Å².